The molecule has 2 aliphatic heterocycles. The number of carbonyl (C=O) groups is 2. The molecule has 2 fully saturated rings. The van der Waals surface area contributed by atoms with Crippen molar-refractivity contribution in [3.8, 4) is 5.75 Å². The van der Waals surface area contributed by atoms with Crippen LogP contribution >= 0.6 is 11.6 Å². The van der Waals surface area contributed by atoms with Crippen molar-refractivity contribution in [2.75, 3.05) is 28.3 Å². The summed E-state index contributed by atoms with van der Waals surface area (Å²) in [5, 5.41) is 3.49. The van der Waals surface area contributed by atoms with E-state index in [0.717, 1.165) is 17.6 Å². The van der Waals surface area contributed by atoms with Crippen LogP contribution in [0.4, 0.5) is 4.79 Å². The third-order valence-electron chi connectivity index (χ3n) is 7.44. The first kappa shape index (κ1) is 30.0. The molecule has 1 N–H and O–H groups in total. The molecule has 38 heavy (non-hydrogen) atoms. The van der Waals surface area contributed by atoms with Crippen molar-refractivity contribution in [3.63, 3.8) is 0 Å². The molecule has 2 saturated heterocycles. The van der Waals surface area contributed by atoms with Gasteiger partial charge in [-0.3, -0.25) is 4.79 Å². The number of carbonyl (C=O) groups excluding carboxylic acids is 2. The Labute approximate surface area is 231 Å². The number of epoxide rings is 1. The highest BCUT2D eigenvalue weighted by Crippen LogP contribution is 2.47. The van der Waals surface area contributed by atoms with E-state index in [0.29, 0.717) is 30.0 Å². The van der Waals surface area contributed by atoms with E-state index in [-0.39, 0.29) is 41.8 Å². The lowest BCUT2D eigenvalue weighted by Crippen LogP contribution is -2.53. The molecular weight excluding hydrogens is 508 g/mol. The number of allylic oxidation sites excluding steroid dienone is 3. The Morgan fingerprint density at radius 2 is 2.08 bits per heavy atom. The van der Waals surface area contributed by atoms with E-state index in [9.17, 15) is 9.59 Å². The molecule has 8 nitrogen and oxygen atoms in total. The van der Waals surface area contributed by atoms with E-state index in [1.54, 1.807) is 33.2 Å². The summed E-state index contributed by atoms with van der Waals surface area (Å²) in [6.45, 7) is 6.12. The van der Waals surface area contributed by atoms with Crippen molar-refractivity contribution >= 4 is 23.6 Å². The fraction of sp³-hybridized carbons (Fsp3) is 0.586. The van der Waals surface area contributed by atoms with Crippen LogP contribution in [0.2, 0.25) is 5.02 Å². The van der Waals surface area contributed by atoms with Gasteiger partial charge in [0.15, 0.2) is 0 Å². The van der Waals surface area contributed by atoms with Crippen molar-refractivity contribution in [1.82, 2.24) is 10.2 Å². The number of alkyl carbamates (subject to hydrolysis) is 1. The van der Waals surface area contributed by atoms with Gasteiger partial charge in [0, 0.05) is 40.0 Å². The molecule has 0 radical (unpaired) electrons. The van der Waals surface area contributed by atoms with E-state index < -0.39 is 6.09 Å². The molecule has 2 heterocycles. The average molecular weight is 549 g/mol. The number of rotatable bonds is 12. The van der Waals surface area contributed by atoms with E-state index in [4.69, 9.17) is 30.5 Å². The maximum absolute atomic E-state index is 12.4. The lowest BCUT2D eigenvalue weighted by molar-refractivity contribution is -0.129. The third-order valence-corrected chi connectivity index (χ3v) is 7.75. The molecule has 9 heteroatoms. The van der Waals surface area contributed by atoms with Gasteiger partial charge >= 0.3 is 6.09 Å². The number of benzene rings is 1. The monoisotopic (exact) mass is 548 g/mol. The van der Waals surface area contributed by atoms with Gasteiger partial charge in [-0.25, -0.2) is 4.79 Å². The van der Waals surface area contributed by atoms with E-state index >= 15 is 0 Å². The average Bonchev–Trinajstić information content (AvgIpc) is 3.56. The lowest BCUT2D eigenvalue weighted by Gasteiger charge is -2.35. The predicted octanol–water partition coefficient (Wildman–Crippen LogP) is 4.94. The minimum Gasteiger partial charge on any atom is -0.495 e. The molecule has 2 amide bonds. The second-order valence-corrected chi connectivity index (χ2v) is 11.1. The van der Waals surface area contributed by atoms with E-state index in [1.165, 1.54) is 0 Å². The van der Waals surface area contributed by atoms with Crippen molar-refractivity contribution < 1.29 is 28.5 Å². The Kier molecular flexibility index (Phi) is 10.3. The smallest absolute Gasteiger partial charge is 0.407 e. The SMILES string of the molecule is COc1cc(C/C(C)=C/C=C/[C@@H](OC)C2C[C@@H]([C@@H](C)[C@@H]3O[C@@]3(C)CCC(=O)N(C)C)OC(=O)N2)ccc1Cl. The topological polar surface area (TPSA) is 89.6 Å². The van der Waals surface area contributed by atoms with Crippen LogP contribution in [0.15, 0.2) is 42.0 Å². The molecule has 0 bridgehead atoms. The Bertz CT molecular complexity index is 1060. The molecule has 1 aromatic rings. The van der Waals surface area contributed by atoms with Crippen LogP contribution in [0.5, 0.6) is 5.75 Å². The van der Waals surface area contributed by atoms with Crippen LogP contribution in [0.3, 0.4) is 0 Å². The van der Waals surface area contributed by atoms with Crippen LogP contribution < -0.4 is 10.1 Å². The summed E-state index contributed by atoms with van der Waals surface area (Å²) in [6.07, 6.45) is 7.20. The lowest BCUT2D eigenvalue weighted by atomic mass is 9.86. The molecule has 3 rings (SSSR count). The molecule has 2 aliphatic rings. The van der Waals surface area contributed by atoms with E-state index in [1.807, 2.05) is 50.3 Å². The highest BCUT2D eigenvalue weighted by atomic mass is 35.5. The predicted molar refractivity (Wildman–Crippen MR) is 148 cm³/mol. The summed E-state index contributed by atoms with van der Waals surface area (Å²) >= 11 is 6.13. The maximum atomic E-state index is 12.4. The highest BCUT2D eigenvalue weighted by molar-refractivity contribution is 6.32. The van der Waals surface area contributed by atoms with Gasteiger partial charge in [-0.15, -0.1) is 0 Å². The van der Waals surface area contributed by atoms with Crippen LogP contribution in [-0.4, -0.2) is 75.2 Å². The molecule has 0 spiro atoms. The number of amides is 2. The van der Waals surface area contributed by atoms with Gasteiger partial charge in [0.1, 0.15) is 11.9 Å². The number of ether oxygens (including phenoxy) is 4. The van der Waals surface area contributed by atoms with Gasteiger partial charge in [-0.1, -0.05) is 48.4 Å². The zero-order valence-corrected chi connectivity index (χ0v) is 24.2. The molecule has 1 unspecified atom stereocenters. The van der Waals surface area contributed by atoms with Crippen LogP contribution in [-0.2, 0) is 25.4 Å². The Morgan fingerprint density at radius 1 is 1.34 bits per heavy atom. The number of nitrogens with zero attached hydrogens (tertiary/aromatic N) is 1. The Balaban J connectivity index is 1.58. The number of cyclic esters (lactones) is 1. The first-order valence-electron chi connectivity index (χ1n) is 13.0. The van der Waals surface area contributed by atoms with Gasteiger partial charge in [0.25, 0.3) is 0 Å². The normalized spacial score (nSPS) is 26.9. The summed E-state index contributed by atoms with van der Waals surface area (Å²) in [5.41, 5.74) is 1.88. The molecule has 0 aliphatic carbocycles. The largest absolute Gasteiger partial charge is 0.495 e. The van der Waals surface area contributed by atoms with Gasteiger partial charge in [-0.2, -0.15) is 0 Å². The number of nitrogens with one attached hydrogen (secondary N) is 1. The minimum absolute atomic E-state index is 0.0111. The standard InChI is InChI=1S/C29H41ClN2O6/c1-18(15-20-11-12-21(30)25(16-20)36-7)9-8-10-23(35-6)22-17-24(37-28(34)31-22)19(2)27-29(3,38-27)14-13-26(33)32(4)5/h8-12,16,19,22-24,27H,13-15,17H2,1-7H3,(H,31,34)/b10-8+,18-9+/t19-,22?,23-,24+,27+,29+/m1/s1. The number of halogens is 1. The fourth-order valence-electron chi connectivity index (χ4n) is 5.01. The molecule has 0 aromatic heterocycles. The van der Waals surface area contributed by atoms with Crippen LogP contribution in [0.25, 0.3) is 0 Å². The van der Waals surface area contributed by atoms with Crippen molar-refractivity contribution in [1.29, 1.82) is 0 Å². The summed E-state index contributed by atoms with van der Waals surface area (Å²) < 4.78 is 22.7. The first-order valence-corrected chi connectivity index (χ1v) is 13.4. The summed E-state index contributed by atoms with van der Waals surface area (Å²) in [6, 6.07) is 5.52. The molecule has 210 valence electrons. The van der Waals surface area contributed by atoms with Gasteiger partial charge in [0.2, 0.25) is 5.91 Å². The molecule has 6 atom stereocenters. The number of methoxy groups -OCH3 is 2. The van der Waals surface area contributed by atoms with Gasteiger partial charge in [0.05, 0.1) is 36.0 Å². The third kappa shape index (κ3) is 7.74. The molecule has 0 saturated carbocycles. The van der Waals surface area contributed by atoms with Crippen molar-refractivity contribution in [3.05, 3.63) is 52.6 Å². The number of hydrogen-bond donors (Lipinski definition) is 1. The minimum atomic E-state index is -0.456. The van der Waals surface area contributed by atoms with Crippen molar-refractivity contribution in [2.24, 2.45) is 5.92 Å². The molecular formula is C29H41ClN2O6. The highest BCUT2D eigenvalue weighted by Gasteiger charge is 2.57. The Hall–Kier alpha value is -2.55. The fourth-order valence-corrected chi connectivity index (χ4v) is 5.21. The summed E-state index contributed by atoms with van der Waals surface area (Å²) in [5.74, 6) is 0.723. The first-order chi connectivity index (χ1) is 18.0. The van der Waals surface area contributed by atoms with Gasteiger partial charge in [-0.05, 0) is 44.4 Å². The quantitative estimate of drug-likeness (QED) is 0.294. The van der Waals surface area contributed by atoms with Crippen molar-refractivity contribution in [2.45, 2.75) is 76.4 Å². The zero-order valence-electron chi connectivity index (χ0n) is 23.5. The maximum Gasteiger partial charge on any atom is 0.407 e. The summed E-state index contributed by atoms with van der Waals surface area (Å²) in [4.78, 5) is 26.0. The Morgan fingerprint density at radius 3 is 2.74 bits per heavy atom. The summed E-state index contributed by atoms with van der Waals surface area (Å²) in [7, 11) is 6.74. The van der Waals surface area contributed by atoms with E-state index in [2.05, 4.69) is 12.2 Å². The second-order valence-electron chi connectivity index (χ2n) is 10.7. The second kappa shape index (κ2) is 13.0. The zero-order chi connectivity index (χ0) is 28.0. The van der Waals surface area contributed by atoms with Crippen LogP contribution in [0, 0.1) is 5.92 Å². The van der Waals surface area contributed by atoms with Crippen LogP contribution in [0.1, 0.15) is 45.6 Å². The number of hydrogen-bond acceptors (Lipinski definition) is 6. The molecule has 1 aromatic carbocycles. The van der Waals surface area contributed by atoms with Gasteiger partial charge < -0.3 is 29.2 Å².